The Morgan fingerprint density at radius 1 is 1.56 bits per heavy atom. The highest BCUT2D eigenvalue weighted by atomic mass is 16.5. The summed E-state index contributed by atoms with van der Waals surface area (Å²) in [4.78, 5) is 6.63. The minimum absolute atomic E-state index is 0.646. The van der Waals surface area contributed by atoms with Crippen LogP contribution in [0.15, 0.2) is 23.3 Å². The minimum atomic E-state index is 0.646. The molecule has 0 bridgehead atoms. The van der Waals surface area contributed by atoms with E-state index in [4.69, 9.17) is 4.74 Å². The topological polar surface area (TPSA) is 41.8 Å². The minimum Gasteiger partial charge on any atom is -0.383 e. The molecular weight excluding hydrogens is 228 g/mol. The number of hydrogen-bond acceptors (Lipinski definition) is 2. The van der Waals surface area contributed by atoms with Crippen molar-refractivity contribution in [2.45, 2.75) is 13.5 Å². The van der Waals surface area contributed by atoms with Crippen molar-refractivity contribution in [3.63, 3.8) is 0 Å². The molecule has 0 saturated carbocycles. The molecule has 1 rings (SSSR count). The highest BCUT2D eigenvalue weighted by Gasteiger charge is 2.07. The fourth-order valence-electron chi connectivity index (χ4n) is 1.69. The van der Waals surface area contributed by atoms with E-state index in [2.05, 4.69) is 52.1 Å². The first-order valence-electron chi connectivity index (χ1n) is 6.27. The predicted molar refractivity (Wildman–Crippen MR) is 74.7 cm³/mol. The Hall–Kier alpha value is -1.49. The first kappa shape index (κ1) is 14.6. The van der Waals surface area contributed by atoms with Crippen molar-refractivity contribution in [2.24, 2.45) is 12.0 Å². The van der Waals surface area contributed by atoms with Gasteiger partial charge in [-0.2, -0.15) is 0 Å². The summed E-state index contributed by atoms with van der Waals surface area (Å²) in [7, 11) is 5.79. The van der Waals surface area contributed by atoms with Gasteiger partial charge >= 0.3 is 0 Å². The number of methoxy groups -OCH3 is 1. The quantitative estimate of drug-likeness (QED) is 0.468. The van der Waals surface area contributed by atoms with Crippen molar-refractivity contribution >= 4 is 5.96 Å². The first-order chi connectivity index (χ1) is 8.69. The van der Waals surface area contributed by atoms with Crippen LogP contribution in [0, 0.1) is 0 Å². The van der Waals surface area contributed by atoms with Crippen LogP contribution in [0.25, 0.3) is 0 Å². The van der Waals surface area contributed by atoms with Crippen LogP contribution in [0.1, 0.15) is 12.6 Å². The van der Waals surface area contributed by atoms with E-state index in [1.807, 2.05) is 7.05 Å². The molecule has 0 aliphatic carbocycles. The number of aryl methyl sites for hydroxylation is 1. The van der Waals surface area contributed by atoms with Gasteiger partial charge in [-0.3, -0.25) is 4.99 Å². The van der Waals surface area contributed by atoms with Crippen LogP contribution >= 0.6 is 0 Å². The summed E-state index contributed by atoms with van der Waals surface area (Å²) < 4.78 is 7.14. The number of aliphatic imine (C=N–C) groups is 1. The Bertz CT molecular complexity index is 373. The van der Waals surface area contributed by atoms with Crippen molar-refractivity contribution in [3.05, 3.63) is 24.0 Å². The van der Waals surface area contributed by atoms with E-state index in [-0.39, 0.29) is 0 Å². The van der Waals surface area contributed by atoms with Gasteiger partial charge in [0.2, 0.25) is 0 Å². The van der Waals surface area contributed by atoms with Crippen LogP contribution in [0.5, 0.6) is 0 Å². The van der Waals surface area contributed by atoms with E-state index >= 15 is 0 Å². The fraction of sp³-hybridized carbons (Fsp3) is 0.615. The lowest BCUT2D eigenvalue weighted by Crippen LogP contribution is -2.39. The van der Waals surface area contributed by atoms with Gasteiger partial charge in [-0.25, -0.2) is 0 Å². The molecule has 1 N–H and O–H groups in total. The van der Waals surface area contributed by atoms with Gasteiger partial charge in [-0.15, -0.1) is 0 Å². The van der Waals surface area contributed by atoms with Gasteiger partial charge in [-0.05, 0) is 19.1 Å². The Labute approximate surface area is 109 Å². The third kappa shape index (κ3) is 4.41. The average molecular weight is 252 g/mol. The van der Waals surface area contributed by atoms with Crippen molar-refractivity contribution in [2.75, 3.05) is 33.9 Å². The number of guanidine groups is 1. The zero-order valence-electron chi connectivity index (χ0n) is 11.8. The average Bonchev–Trinajstić information content (AvgIpc) is 2.74. The molecule has 0 spiro atoms. The van der Waals surface area contributed by atoms with E-state index in [9.17, 15) is 0 Å². The van der Waals surface area contributed by atoms with Crippen LogP contribution < -0.4 is 5.32 Å². The summed E-state index contributed by atoms with van der Waals surface area (Å²) >= 11 is 0. The van der Waals surface area contributed by atoms with E-state index < -0.39 is 0 Å². The fourth-order valence-corrected chi connectivity index (χ4v) is 1.69. The smallest absolute Gasteiger partial charge is 0.194 e. The Morgan fingerprint density at radius 3 is 2.89 bits per heavy atom. The van der Waals surface area contributed by atoms with Gasteiger partial charge in [0, 0.05) is 39.6 Å². The first-order valence-corrected chi connectivity index (χ1v) is 6.27. The second kappa shape index (κ2) is 7.76. The summed E-state index contributed by atoms with van der Waals surface area (Å²) in [5, 5.41) is 3.28. The molecule has 0 unspecified atom stereocenters. The van der Waals surface area contributed by atoms with Crippen LogP contribution in [-0.4, -0.2) is 49.3 Å². The number of rotatable bonds is 6. The molecule has 5 nitrogen and oxygen atoms in total. The highest BCUT2D eigenvalue weighted by Crippen LogP contribution is 2.03. The molecule has 1 aromatic heterocycles. The largest absolute Gasteiger partial charge is 0.383 e. The molecule has 5 heteroatoms. The molecule has 102 valence electrons. The van der Waals surface area contributed by atoms with E-state index in [1.165, 1.54) is 5.69 Å². The number of aromatic nitrogens is 1. The number of ether oxygens (including phenoxy) is 1. The molecular formula is C13H24N4O. The summed E-state index contributed by atoms with van der Waals surface area (Å²) in [5.74, 6) is 0.913. The zero-order valence-corrected chi connectivity index (χ0v) is 11.8. The molecule has 0 aromatic carbocycles. The molecule has 0 atom stereocenters. The van der Waals surface area contributed by atoms with Crippen molar-refractivity contribution in [3.8, 4) is 0 Å². The third-order valence-corrected chi connectivity index (χ3v) is 2.70. The number of nitrogens with zero attached hydrogens (tertiary/aromatic N) is 3. The Balaban J connectivity index is 2.61. The van der Waals surface area contributed by atoms with Crippen molar-refractivity contribution in [1.29, 1.82) is 0 Å². The summed E-state index contributed by atoms with van der Waals surface area (Å²) in [5.41, 5.74) is 1.26. The summed E-state index contributed by atoms with van der Waals surface area (Å²) in [6.45, 7) is 5.09. The number of hydrogen-bond donors (Lipinski definition) is 1. The van der Waals surface area contributed by atoms with Gasteiger partial charge in [0.1, 0.15) is 0 Å². The molecule has 1 heterocycles. The molecule has 0 radical (unpaired) electrons. The Kier molecular flexibility index (Phi) is 6.28. The van der Waals surface area contributed by atoms with E-state index in [1.54, 1.807) is 7.11 Å². The second-order valence-electron chi connectivity index (χ2n) is 4.19. The van der Waals surface area contributed by atoms with Crippen LogP contribution in [0.4, 0.5) is 0 Å². The van der Waals surface area contributed by atoms with E-state index in [0.29, 0.717) is 13.2 Å². The van der Waals surface area contributed by atoms with Gasteiger partial charge in [0.05, 0.1) is 19.7 Å². The monoisotopic (exact) mass is 252 g/mol. The van der Waals surface area contributed by atoms with Crippen molar-refractivity contribution < 1.29 is 4.74 Å². The van der Waals surface area contributed by atoms with E-state index in [0.717, 1.165) is 19.0 Å². The summed E-state index contributed by atoms with van der Waals surface area (Å²) in [6.07, 6.45) is 2.05. The van der Waals surface area contributed by atoms with Crippen molar-refractivity contribution in [1.82, 2.24) is 14.8 Å². The lowest BCUT2D eigenvalue weighted by atomic mass is 10.4. The Morgan fingerprint density at radius 2 is 2.33 bits per heavy atom. The lowest BCUT2D eigenvalue weighted by molar-refractivity contribution is 0.207. The summed E-state index contributed by atoms with van der Waals surface area (Å²) in [6, 6.07) is 4.17. The number of nitrogens with one attached hydrogen (secondary N) is 1. The predicted octanol–water partition coefficient (Wildman–Crippen LogP) is 1.07. The van der Waals surface area contributed by atoms with Crippen LogP contribution in [0.2, 0.25) is 0 Å². The van der Waals surface area contributed by atoms with Gasteiger partial charge in [-0.1, -0.05) is 0 Å². The van der Waals surface area contributed by atoms with Gasteiger partial charge < -0.3 is 19.5 Å². The van der Waals surface area contributed by atoms with Crippen LogP contribution in [0.3, 0.4) is 0 Å². The zero-order chi connectivity index (χ0) is 13.4. The maximum atomic E-state index is 5.02. The SMILES string of the molecule is CCNC(=NCCOC)N(C)Cc1cccn1C. The maximum absolute atomic E-state index is 5.02. The highest BCUT2D eigenvalue weighted by molar-refractivity contribution is 5.79. The second-order valence-corrected chi connectivity index (χ2v) is 4.19. The lowest BCUT2D eigenvalue weighted by Gasteiger charge is -2.22. The van der Waals surface area contributed by atoms with Crippen LogP contribution in [-0.2, 0) is 18.3 Å². The third-order valence-electron chi connectivity index (χ3n) is 2.70. The van der Waals surface area contributed by atoms with Gasteiger partial charge in [0.15, 0.2) is 5.96 Å². The standard InChI is InChI=1S/C13H24N4O/c1-5-14-13(15-8-10-18-4)17(3)11-12-7-6-9-16(12)2/h6-7,9H,5,8,10-11H2,1-4H3,(H,14,15). The van der Waals surface area contributed by atoms with Gasteiger partial charge in [0.25, 0.3) is 0 Å². The molecule has 18 heavy (non-hydrogen) atoms. The molecule has 0 aliphatic rings. The normalized spacial score (nSPS) is 11.7. The molecule has 0 aliphatic heterocycles. The molecule has 0 saturated heterocycles. The molecule has 0 amide bonds. The molecule has 1 aromatic rings. The molecule has 0 fully saturated rings. The maximum Gasteiger partial charge on any atom is 0.194 e.